The maximum Gasteiger partial charge on any atom is 0.260 e. The number of likely N-dealkylation sites (N-methyl/N-ethyl adjacent to an activating group) is 1. The number of hydrogen-bond acceptors (Lipinski definition) is 4. The number of hydrogen-bond donors (Lipinski definition) is 1. The zero-order chi connectivity index (χ0) is 15.4. The third kappa shape index (κ3) is 3.54. The van der Waals surface area contributed by atoms with Crippen molar-refractivity contribution in [2.24, 2.45) is 5.16 Å². The van der Waals surface area contributed by atoms with Crippen molar-refractivity contribution < 1.29 is 14.7 Å². The van der Waals surface area contributed by atoms with Crippen LogP contribution in [0.2, 0.25) is 0 Å². The van der Waals surface area contributed by atoms with Gasteiger partial charge in [-0.25, -0.2) is 0 Å². The number of fused-ring (bicyclic) bond motifs is 1. The maximum atomic E-state index is 11.9. The van der Waals surface area contributed by atoms with E-state index in [1.54, 1.807) is 11.9 Å². The Morgan fingerprint density at radius 1 is 1.43 bits per heavy atom. The van der Waals surface area contributed by atoms with Gasteiger partial charge in [-0.05, 0) is 50.8 Å². The number of amides is 1. The lowest BCUT2D eigenvalue weighted by Gasteiger charge is -2.22. The molecular weight excluding hydrogens is 268 g/mol. The zero-order valence-corrected chi connectivity index (χ0v) is 12.8. The quantitative estimate of drug-likeness (QED) is 0.684. The minimum Gasteiger partial charge on any atom is -0.484 e. The summed E-state index contributed by atoms with van der Waals surface area (Å²) in [7, 11) is 1.76. The molecule has 0 heterocycles. The average Bonchev–Trinajstić information content (AvgIpc) is 2.50. The Balaban J connectivity index is 2.07. The minimum atomic E-state index is -0.0567. The zero-order valence-electron chi connectivity index (χ0n) is 12.8. The fourth-order valence-electron chi connectivity index (χ4n) is 2.35. The highest BCUT2D eigenvalue weighted by Gasteiger charge is 2.17. The van der Waals surface area contributed by atoms with Gasteiger partial charge in [0.15, 0.2) is 6.61 Å². The van der Waals surface area contributed by atoms with Gasteiger partial charge in [-0.15, -0.1) is 0 Å². The fraction of sp³-hybridized carbons (Fsp3) is 0.500. The molecular formula is C16H22N2O3. The molecule has 2 rings (SSSR count). The SMILES string of the molecule is CC(C)N(C)C(=O)COc1ccc2c(c1)/C(=N\O)CCC2. The van der Waals surface area contributed by atoms with Crippen molar-refractivity contribution in [3.63, 3.8) is 0 Å². The Kier molecular flexibility index (Phi) is 4.83. The summed E-state index contributed by atoms with van der Waals surface area (Å²) in [5.74, 6) is 0.570. The second-order valence-electron chi connectivity index (χ2n) is 5.61. The van der Waals surface area contributed by atoms with Gasteiger partial charge >= 0.3 is 0 Å². The molecule has 21 heavy (non-hydrogen) atoms. The number of nitrogens with zero attached hydrogens (tertiary/aromatic N) is 2. The van der Waals surface area contributed by atoms with Gasteiger partial charge in [0, 0.05) is 18.7 Å². The van der Waals surface area contributed by atoms with Crippen molar-refractivity contribution in [3.8, 4) is 5.75 Å². The molecule has 0 fully saturated rings. The van der Waals surface area contributed by atoms with Gasteiger partial charge in [0.2, 0.25) is 0 Å². The first-order chi connectivity index (χ1) is 10.0. The van der Waals surface area contributed by atoms with Crippen molar-refractivity contribution in [2.75, 3.05) is 13.7 Å². The summed E-state index contributed by atoms with van der Waals surface area (Å²) in [4.78, 5) is 13.6. The molecule has 1 N–H and O–H groups in total. The van der Waals surface area contributed by atoms with Crippen molar-refractivity contribution in [1.82, 2.24) is 4.90 Å². The molecule has 0 spiro atoms. The largest absolute Gasteiger partial charge is 0.484 e. The first-order valence-electron chi connectivity index (χ1n) is 7.25. The van der Waals surface area contributed by atoms with E-state index in [-0.39, 0.29) is 18.6 Å². The molecule has 0 atom stereocenters. The van der Waals surface area contributed by atoms with E-state index in [2.05, 4.69) is 5.16 Å². The predicted octanol–water partition coefficient (Wildman–Crippen LogP) is 2.45. The van der Waals surface area contributed by atoms with Crippen molar-refractivity contribution in [2.45, 2.75) is 39.2 Å². The molecule has 0 aliphatic heterocycles. The lowest BCUT2D eigenvalue weighted by molar-refractivity contribution is -0.133. The van der Waals surface area contributed by atoms with Crippen LogP contribution in [0.5, 0.6) is 5.75 Å². The van der Waals surface area contributed by atoms with E-state index in [4.69, 9.17) is 9.94 Å². The van der Waals surface area contributed by atoms with Crippen LogP contribution in [0.1, 0.15) is 37.8 Å². The predicted molar refractivity (Wildman–Crippen MR) is 81.1 cm³/mol. The molecule has 0 aromatic heterocycles. The van der Waals surface area contributed by atoms with Crippen LogP contribution in [-0.4, -0.2) is 41.4 Å². The number of aryl methyl sites for hydroxylation is 1. The van der Waals surface area contributed by atoms with Gasteiger partial charge in [0.25, 0.3) is 5.91 Å². The Labute approximate surface area is 125 Å². The molecule has 0 saturated carbocycles. The summed E-state index contributed by atoms with van der Waals surface area (Å²) < 4.78 is 5.57. The maximum absolute atomic E-state index is 11.9. The number of carbonyl (C=O) groups excluding carboxylic acids is 1. The second kappa shape index (κ2) is 6.61. The highest BCUT2D eigenvalue weighted by molar-refractivity contribution is 6.02. The Morgan fingerprint density at radius 2 is 2.19 bits per heavy atom. The van der Waals surface area contributed by atoms with E-state index in [0.29, 0.717) is 11.5 Å². The third-order valence-corrected chi connectivity index (χ3v) is 3.90. The molecule has 1 amide bonds. The Morgan fingerprint density at radius 3 is 2.86 bits per heavy atom. The normalized spacial score (nSPS) is 15.9. The molecule has 5 nitrogen and oxygen atoms in total. The van der Waals surface area contributed by atoms with Gasteiger partial charge in [-0.3, -0.25) is 4.79 Å². The molecule has 0 saturated heterocycles. The molecule has 1 aromatic rings. The van der Waals surface area contributed by atoms with Crippen LogP contribution in [0, 0.1) is 0 Å². The Hall–Kier alpha value is -2.04. The average molecular weight is 290 g/mol. The molecule has 0 unspecified atom stereocenters. The smallest absolute Gasteiger partial charge is 0.260 e. The van der Waals surface area contributed by atoms with E-state index in [0.717, 1.165) is 30.4 Å². The van der Waals surface area contributed by atoms with Crippen LogP contribution in [0.25, 0.3) is 0 Å². The van der Waals surface area contributed by atoms with Gasteiger partial charge in [-0.2, -0.15) is 0 Å². The number of benzene rings is 1. The summed E-state index contributed by atoms with van der Waals surface area (Å²) >= 11 is 0. The molecule has 1 aromatic carbocycles. The Bertz CT molecular complexity index is 552. The van der Waals surface area contributed by atoms with E-state index < -0.39 is 0 Å². The molecule has 1 aliphatic rings. The van der Waals surface area contributed by atoms with Crippen LogP contribution in [-0.2, 0) is 11.2 Å². The van der Waals surface area contributed by atoms with Crippen molar-refractivity contribution in [1.29, 1.82) is 0 Å². The molecule has 0 bridgehead atoms. The van der Waals surface area contributed by atoms with Crippen LogP contribution in [0.4, 0.5) is 0 Å². The van der Waals surface area contributed by atoms with Crippen LogP contribution in [0.3, 0.4) is 0 Å². The summed E-state index contributed by atoms with van der Waals surface area (Å²) in [6.45, 7) is 3.93. The number of oxime groups is 1. The van der Waals surface area contributed by atoms with Gasteiger partial charge < -0.3 is 14.8 Å². The topological polar surface area (TPSA) is 62.1 Å². The van der Waals surface area contributed by atoms with Gasteiger partial charge in [0.05, 0.1) is 5.71 Å². The van der Waals surface area contributed by atoms with Gasteiger partial charge in [-0.1, -0.05) is 11.2 Å². The number of rotatable bonds is 4. The number of ether oxygens (including phenoxy) is 1. The van der Waals surface area contributed by atoms with Crippen molar-refractivity contribution >= 4 is 11.6 Å². The highest BCUT2D eigenvalue weighted by Crippen LogP contribution is 2.26. The molecule has 1 aliphatic carbocycles. The molecule has 0 radical (unpaired) electrons. The second-order valence-corrected chi connectivity index (χ2v) is 5.61. The molecule has 114 valence electrons. The van der Waals surface area contributed by atoms with Gasteiger partial charge in [0.1, 0.15) is 5.75 Å². The van der Waals surface area contributed by atoms with Crippen LogP contribution >= 0.6 is 0 Å². The summed E-state index contributed by atoms with van der Waals surface area (Å²) in [5.41, 5.74) is 2.77. The summed E-state index contributed by atoms with van der Waals surface area (Å²) in [6, 6.07) is 5.84. The highest BCUT2D eigenvalue weighted by atomic mass is 16.5. The fourth-order valence-corrected chi connectivity index (χ4v) is 2.35. The van der Waals surface area contributed by atoms with E-state index >= 15 is 0 Å². The first kappa shape index (κ1) is 15.4. The van der Waals surface area contributed by atoms with Crippen LogP contribution in [0.15, 0.2) is 23.4 Å². The van der Waals surface area contributed by atoms with Crippen LogP contribution < -0.4 is 4.74 Å². The van der Waals surface area contributed by atoms with E-state index in [1.165, 1.54) is 0 Å². The van der Waals surface area contributed by atoms with Crippen molar-refractivity contribution in [3.05, 3.63) is 29.3 Å². The monoisotopic (exact) mass is 290 g/mol. The summed E-state index contributed by atoms with van der Waals surface area (Å²) in [6.07, 6.45) is 2.73. The summed E-state index contributed by atoms with van der Waals surface area (Å²) in [5, 5.41) is 12.4. The lowest BCUT2D eigenvalue weighted by Crippen LogP contribution is -2.36. The first-order valence-corrected chi connectivity index (χ1v) is 7.25. The molecule has 5 heteroatoms. The van der Waals surface area contributed by atoms with E-state index in [1.807, 2.05) is 32.0 Å². The number of carbonyl (C=O) groups is 1. The lowest BCUT2D eigenvalue weighted by atomic mass is 9.90. The standard InChI is InChI=1S/C16H22N2O3/c1-11(2)18(3)16(19)10-21-13-8-7-12-5-4-6-15(17-20)14(12)9-13/h7-9,11,20H,4-6,10H2,1-3H3/b17-15-. The van der Waals surface area contributed by atoms with E-state index in [9.17, 15) is 4.79 Å². The third-order valence-electron chi connectivity index (χ3n) is 3.90. The minimum absolute atomic E-state index is 0.0130.